The highest BCUT2D eigenvalue weighted by molar-refractivity contribution is 6.45. The molecule has 0 bridgehead atoms. The van der Waals surface area contributed by atoms with Gasteiger partial charge in [-0.3, -0.25) is 10.6 Å². The van der Waals surface area contributed by atoms with Crippen molar-refractivity contribution in [2.75, 3.05) is 50.2 Å². The summed E-state index contributed by atoms with van der Waals surface area (Å²) in [6.45, 7) is 3.22. The molecule has 49 heavy (non-hydrogen) atoms. The van der Waals surface area contributed by atoms with Crippen molar-refractivity contribution < 1.29 is 24.2 Å². The highest BCUT2D eigenvalue weighted by Crippen LogP contribution is 2.40. The van der Waals surface area contributed by atoms with Crippen LogP contribution >= 0.6 is 23.2 Å². The largest absolute Gasteiger partial charge is 0.496 e. The number of carbonyl (C=O) groups excluding carboxylic acids is 2. The van der Waals surface area contributed by atoms with E-state index in [-0.39, 0.29) is 34.1 Å². The number of hydrogen-bond donors (Lipinski definition) is 4. The first-order valence-electron chi connectivity index (χ1n) is 15.9. The van der Waals surface area contributed by atoms with Crippen LogP contribution in [0, 0.1) is 0 Å². The summed E-state index contributed by atoms with van der Waals surface area (Å²) in [6, 6.07) is 13.0. The number of likely N-dealkylation sites (N-methyl/N-ethyl adjacent to an activating group) is 1. The van der Waals surface area contributed by atoms with Gasteiger partial charge in [0.15, 0.2) is 0 Å². The fourth-order valence-electron chi connectivity index (χ4n) is 5.38. The summed E-state index contributed by atoms with van der Waals surface area (Å²) >= 11 is 13.2. The zero-order valence-corrected chi connectivity index (χ0v) is 29.3. The fourth-order valence-corrected chi connectivity index (χ4v) is 5.78. The Balaban J connectivity index is 1.27. The normalized spacial score (nSPS) is 14.2. The molecule has 4 amide bonds. The standard InChI is InChI=1S/C34H40Cl2N8O5/c1-5-6-7-22-16-30(44(41-22)23-9-8-21(20-45)28(17-23)48-4)40-33(46)38-26-10-11-27(32(36)31(26)35)49-25-12-14-37-29(18-25)39-34(47)43-15-13-24(19-43)42(2)3/h8-12,14,16-18,24,45H,5-7,13,15,19-20H2,1-4H3,(H,37,39,47)(H2,38,40,46)/t24-/m0/s1. The van der Waals surface area contributed by atoms with E-state index < -0.39 is 6.03 Å². The quantitative estimate of drug-likeness (QED) is 0.123. The van der Waals surface area contributed by atoms with Gasteiger partial charge in [0, 0.05) is 49.1 Å². The van der Waals surface area contributed by atoms with E-state index in [1.807, 2.05) is 20.2 Å². The summed E-state index contributed by atoms with van der Waals surface area (Å²) in [4.78, 5) is 34.1. The Hall–Kier alpha value is -4.56. The van der Waals surface area contributed by atoms with Gasteiger partial charge in [-0.2, -0.15) is 5.10 Å². The summed E-state index contributed by atoms with van der Waals surface area (Å²) in [5, 5.41) is 22.9. The lowest BCUT2D eigenvalue weighted by molar-refractivity contribution is 0.216. The summed E-state index contributed by atoms with van der Waals surface area (Å²) in [5.74, 6) is 1.87. The number of methoxy groups -OCH3 is 1. The first kappa shape index (κ1) is 35.7. The van der Waals surface area contributed by atoms with E-state index in [1.165, 1.54) is 13.3 Å². The molecule has 2 aromatic carbocycles. The van der Waals surface area contributed by atoms with Gasteiger partial charge in [-0.15, -0.1) is 0 Å². The molecule has 3 heterocycles. The van der Waals surface area contributed by atoms with Crippen molar-refractivity contribution in [3.05, 3.63) is 76.0 Å². The van der Waals surface area contributed by atoms with Gasteiger partial charge in [0.1, 0.15) is 33.9 Å². The summed E-state index contributed by atoms with van der Waals surface area (Å²) in [5.41, 5.74) is 2.33. The third kappa shape index (κ3) is 8.73. The number of likely N-dealkylation sites (tertiary alicyclic amines) is 1. The maximum absolute atomic E-state index is 13.2. The first-order valence-corrected chi connectivity index (χ1v) is 16.6. The SMILES string of the molecule is CCCCc1cc(NC(=O)Nc2ccc(Oc3ccnc(NC(=O)N4CC[C@H](N(C)C)C4)c3)c(Cl)c2Cl)n(-c2ccc(CO)c(OC)c2)n1. The van der Waals surface area contributed by atoms with E-state index in [2.05, 4.69) is 32.8 Å². The number of anilines is 3. The van der Waals surface area contributed by atoms with Crippen molar-refractivity contribution in [2.24, 2.45) is 0 Å². The van der Waals surface area contributed by atoms with Crippen molar-refractivity contribution in [1.82, 2.24) is 24.6 Å². The number of carbonyl (C=O) groups is 2. The third-order valence-corrected chi connectivity index (χ3v) is 9.01. The molecule has 15 heteroatoms. The molecule has 1 saturated heterocycles. The number of amides is 4. The fraction of sp³-hybridized carbons (Fsp3) is 0.353. The van der Waals surface area contributed by atoms with Crippen LogP contribution in [0.25, 0.3) is 5.69 Å². The highest BCUT2D eigenvalue weighted by atomic mass is 35.5. The maximum atomic E-state index is 13.2. The van der Waals surface area contributed by atoms with Crippen molar-refractivity contribution in [1.29, 1.82) is 0 Å². The zero-order chi connectivity index (χ0) is 35.1. The second-order valence-electron chi connectivity index (χ2n) is 11.8. The minimum absolute atomic E-state index is 0.0721. The molecule has 0 unspecified atom stereocenters. The van der Waals surface area contributed by atoms with E-state index in [1.54, 1.807) is 52.0 Å². The Labute approximate surface area is 295 Å². The Morgan fingerprint density at radius 1 is 1.04 bits per heavy atom. The van der Waals surface area contributed by atoms with Crippen LogP contribution in [0.15, 0.2) is 54.7 Å². The molecule has 4 aromatic rings. The number of unbranched alkanes of at least 4 members (excludes halogenated alkanes) is 1. The van der Waals surface area contributed by atoms with Crippen molar-refractivity contribution in [3.8, 4) is 22.9 Å². The molecule has 0 saturated carbocycles. The smallest absolute Gasteiger partial charge is 0.324 e. The highest BCUT2D eigenvalue weighted by Gasteiger charge is 2.27. The van der Waals surface area contributed by atoms with Gasteiger partial charge >= 0.3 is 12.1 Å². The number of ether oxygens (including phenoxy) is 2. The number of nitrogens with zero attached hydrogens (tertiary/aromatic N) is 5. The maximum Gasteiger partial charge on any atom is 0.324 e. The van der Waals surface area contributed by atoms with Gasteiger partial charge in [-0.25, -0.2) is 19.3 Å². The minimum atomic E-state index is -0.571. The molecular formula is C34H40Cl2N8O5. The van der Waals surface area contributed by atoms with Gasteiger partial charge in [-0.05, 0) is 57.6 Å². The van der Waals surface area contributed by atoms with Crippen LogP contribution in [-0.4, -0.2) is 82.1 Å². The molecular weight excluding hydrogens is 671 g/mol. The second kappa shape index (κ2) is 16.2. The number of halogens is 2. The molecule has 5 rings (SSSR count). The topological polar surface area (TPSA) is 146 Å². The van der Waals surface area contributed by atoms with Crippen LogP contribution in [0.5, 0.6) is 17.2 Å². The van der Waals surface area contributed by atoms with Crippen LogP contribution in [0.1, 0.15) is 37.4 Å². The Bertz CT molecular complexity index is 1800. The average molecular weight is 712 g/mol. The van der Waals surface area contributed by atoms with E-state index in [4.69, 9.17) is 37.8 Å². The molecule has 260 valence electrons. The lowest BCUT2D eigenvalue weighted by Gasteiger charge is -2.20. The summed E-state index contributed by atoms with van der Waals surface area (Å²) in [6.07, 6.45) is 5.08. The molecule has 0 aliphatic carbocycles. The lowest BCUT2D eigenvalue weighted by Crippen LogP contribution is -2.36. The molecule has 0 radical (unpaired) electrons. The Morgan fingerprint density at radius 2 is 1.86 bits per heavy atom. The van der Waals surface area contributed by atoms with E-state index >= 15 is 0 Å². The van der Waals surface area contributed by atoms with Gasteiger partial charge in [0.2, 0.25) is 0 Å². The Kier molecular flexibility index (Phi) is 11.8. The number of urea groups is 2. The predicted octanol–water partition coefficient (Wildman–Crippen LogP) is 7.02. The molecule has 2 aromatic heterocycles. The number of benzene rings is 2. The lowest BCUT2D eigenvalue weighted by atomic mass is 10.2. The molecule has 4 N–H and O–H groups in total. The van der Waals surface area contributed by atoms with E-state index in [0.717, 1.165) is 31.4 Å². The number of nitrogens with one attached hydrogen (secondary N) is 3. The third-order valence-electron chi connectivity index (χ3n) is 8.14. The van der Waals surface area contributed by atoms with Gasteiger partial charge < -0.3 is 29.7 Å². The van der Waals surface area contributed by atoms with Gasteiger partial charge in [0.05, 0.1) is 35.8 Å². The number of aliphatic hydroxyl groups is 1. The zero-order valence-electron chi connectivity index (χ0n) is 27.8. The predicted molar refractivity (Wildman–Crippen MR) is 191 cm³/mol. The number of rotatable bonds is 12. The van der Waals surface area contributed by atoms with Crippen LogP contribution in [0.3, 0.4) is 0 Å². The van der Waals surface area contributed by atoms with Crippen LogP contribution in [0.4, 0.5) is 26.9 Å². The molecule has 1 atom stereocenters. The van der Waals surface area contributed by atoms with E-state index in [9.17, 15) is 14.7 Å². The molecule has 13 nitrogen and oxygen atoms in total. The van der Waals surface area contributed by atoms with Crippen LogP contribution in [-0.2, 0) is 13.0 Å². The monoisotopic (exact) mass is 710 g/mol. The van der Waals surface area contributed by atoms with Crippen molar-refractivity contribution in [2.45, 2.75) is 45.3 Å². The Morgan fingerprint density at radius 3 is 2.57 bits per heavy atom. The number of aliphatic hydroxyl groups excluding tert-OH is 1. The van der Waals surface area contributed by atoms with Crippen molar-refractivity contribution >= 4 is 52.6 Å². The number of hydrogen-bond acceptors (Lipinski definition) is 8. The number of aryl methyl sites for hydroxylation is 1. The van der Waals surface area contributed by atoms with Crippen molar-refractivity contribution in [3.63, 3.8) is 0 Å². The summed E-state index contributed by atoms with van der Waals surface area (Å²) < 4.78 is 13.0. The van der Waals surface area contributed by atoms with Crippen LogP contribution in [0.2, 0.25) is 10.0 Å². The minimum Gasteiger partial charge on any atom is -0.496 e. The average Bonchev–Trinajstić information content (AvgIpc) is 3.75. The molecule has 1 aliphatic heterocycles. The first-order chi connectivity index (χ1) is 23.6. The second-order valence-corrected chi connectivity index (χ2v) is 12.5. The van der Waals surface area contributed by atoms with Crippen LogP contribution < -0.4 is 25.4 Å². The van der Waals surface area contributed by atoms with Gasteiger partial charge in [0.25, 0.3) is 0 Å². The van der Waals surface area contributed by atoms with E-state index in [0.29, 0.717) is 53.5 Å². The number of aromatic nitrogens is 3. The summed E-state index contributed by atoms with van der Waals surface area (Å²) in [7, 11) is 5.53. The van der Waals surface area contributed by atoms with Gasteiger partial charge in [-0.1, -0.05) is 42.6 Å². The molecule has 1 fully saturated rings. The molecule has 1 aliphatic rings. The molecule has 0 spiro atoms. The number of pyridine rings is 1.